The number of hydrogen-bond donors (Lipinski definition) is 0. The second-order valence-corrected chi connectivity index (χ2v) is 7.94. The molecule has 8 heteroatoms. The first-order valence-electron chi connectivity index (χ1n) is 10.4. The fourth-order valence-corrected chi connectivity index (χ4v) is 4.26. The lowest BCUT2D eigenvalue weighted by Gasteiger charge is -2.35. The highest BCUT2D eigenvalue weighted by atomic mass is 15.4. The highest BCUT2D eigenvalue weighted by molar-refractivity contribution is 5.46. The molecule has 4 heterocycles. The van der Waals surface area contributed by atoms with Gasteiger partial charge in [-0.15, -0.1) is 15.3 Å². The molecule has 150 valence electrons. The average Bonchev–Trinajstić information content (AvgIpc) is 3.11. The van der Waals surface area contributed by atoms with Crippen molar-refractivity contribution in [3.05, 3.63) is 46.9 Å². The first-order valence-corrected chi connectivity index (χ1v) is 10.4. The van der Waals surface area contributed by atoms with Crippen LogP contribution in [0.2, 0.25) is 0 Å². The Morgan fingerprint density at radius 3 is 2.07 bits per heavy atom. The van der Waals surface area contributed by atoms with E-state index < -0.39 is 0 Å². The van der Waals surface area contributed by atoms with Crippen LogP contribution in [0.4, 0.5) is 11.6 Å². The molecule has 0 saturated carbocycles. The molecule has 0 amide bonds. The van der Waals surface area contributed by atoms with Crippen LogP contribution in [0, 0.1) is 13.8 Å². The van der Waals surface area contributed by atoms with E-state index in [4.69, 9.17) is 0 Å². The zero-order valence-electron chi connectivity index (χ0n) is 17.0. The van der Waals surface area contributed by atoms with Crippen molar-refractivity contribution in [3.63, 3.8) is 0 Å². The molecule has 29 heavy (non-hydrogen) atoms. The van der Waals surface area contributed by atoms with E-state index in [0.717, 1.165) is 67.9 Å². The number of anilines is 2. The van der Waals surface area contributed by atoms with Crippen molar-refractivity contribution in [2.75, 3.05) is 36.0 Å². The smallest absolute Gasteiger partial charge is 0.176 e. The highest BCUT2D eigenvalue weighted by Crippen LogP contribution is 2.23. The van der Waals surface area contributed by atoms with Crippen molar-refractivity contribution >= 4 is 11.6 Å². The molecule has 0 spiro atoms. The van der Waals surface area contributed by atoms with Gasteiger partial charge in [0, 0.05) is 31.9 Å². The Balaban J connectivity index is 1.25. The van der Waals surface area contributed by atoms with Crippen LogP contribution in [0.25, 0.3) is 5.82 Å². The summed E-state index contributed by atoms with van der Waals surface area (Å²) in [6.45, 7) is 7.62. The Bertz CT molecular complexity index is 1000. The second kappa shape index (κ2) is 7.42. The van der Waals surface area contributed by atoms with Crippen LogP contribution in [0.5, 0.6) is 0 Å². The predicted molar refractivity (Wildman–Crippen MR) is 112 cm³/mol. The molecule has 3 aromatic rings. The standard InChI is InChI=1S/C21H26N8/c1-15-13-16(2)29(26-15)20-8-7-19(23-24-20)27-9-11-28(12-10-27)21-14-17-5-3-4-6-18(17)22-25-21/h7-8,13-14H,3-6,9-12H2,1-2H3. The van der Waals surface area contributed by atoms with Gasteiger partial charge in [0.1, 0.15) is 0 Å². The third-order valence-electron chi connectivity index (χ3n) is 5.85. The summed E-state index contributed by atoms with van der Waals surface area (Å²) >= 11 is 0. The first kappa shape index (κ1) is 18.0. The largest absolute Gasteiger partial charge is 0.352 e. The van der Waals surface area contributed by atoms with Crippen molar-refractivity contribution in [1.29, 1.82) is 0 Å². The number of hydrogen-bond acceptors (Lipinski definition) is 7. The summed E-state index contributed by atoms with van der Waals surface area (Å²) in [5.41, 5.74) is 4.62. The van der Waals surface area contributed by atoms with E-state index in [1.54, 1.807) is 0 Å². The summed E-state index contributed by atoms with van der Waals surface area (Å²) < 4.78 is 1.83. The number of fused-ring (bicyclic) bond motifs is 1. The van der Waals surface area contributed by atoms with Gasteiger partial charge in [-0.05, 0) is 69.4 Å². The van der Waals surface area contributed by atoms with E-state index >= 15 is 0 Å². The van der Waals surface area contributed by atoms with Gasteiger partial charge in [-0.1, -0.05) is 0 Å². The Morgan fingerprint density at radius 2 is 1.38 bits per heavy atom. The molecule has 0 N–H and O–H groups in total. The Hall–Kier alpha value is -3.03. The van der Waals surface area contributed by atoms with Crippen LogP contribution in [0.3, 0.4) is 0 Å². The molecule has 1 aliphatic heterocycles. The van der Waals surface area contributed by atoms with Crippen LogP contribution in [-0.4, -0.2) is 56.4 Å². The molecule has 0 atom stereocenters. The van der Waals surface area contributed by atoms with Gasteiger partial charge in [0.15, 0.2) is 17.5 Å². The van der Waals surface area contributed by atoms with Crippen molar-refractivity contribution in [2.45, 2.75) is 39.5 Å². The molecule has 1 aliphatic carbocycles. The molecule has 5 rings (SSSR count). The fourth-order valence-electron chi connectivity index (χ4n) is 4.26. The Labute approximate surface area is 170 Å². The van der Waals surface area contributed by atoms with Gasteiger partial charge in [0.25, 0.3) is 0 Å². The molecule has 0 unspecified atom stereocenters. The SMILES string of the molecule is Cc1cc(C)n(-c2ccc(N3CCN(c4cc5c(nn4)CCCC5)CC3)nn2)n1. The van der Waals surface area contributed by atoms with E-state index in [-0.39, 0.29) is 0 Å². The molecule has 1 saturated heterocycles. The van der Waals surface area contributed by atoms with Gasteiger partial charge in [0.05, 0.1) is 11.4 Å². The molecule has 0 aromatic carbocycles. The van der Waals surface area contributed by atoms with Gasteiger partial charge in [0.2, 0.25) is 0 Å². The minimum Gasteiger partial charge on any atom is -0.352 e. The van der Waals surface area contributed by atoms with Crippen LogP contribution in [-0.2, 0) is 12.8 Å². The maximum absolute atomic E-state index is 4.49. The first-order chi connectivity index (χ1) is 14.2. The quantitative estimate of drug-likeness (QED) is 0.679. The Kier molecular flexibility index (Phi) is 4.61. The van der Waals surface area contributed by atoms with E-state index in [0.29, 0.717) is 0 Å². The van der Waals surface area contributed by atoms with Crippen LogP contribution < -0.4 is 9.80 Å². The summed E-state index contributed by atoms with van der Waals surface area (Å²) in [6, 6.07) is 8.31. The second-order valence-electron chi connectivity index (χ2n) is 7.94. The van der Waals surface area contributed by atoms with Gasteiger partial charge in [-0.3, -0.25) is 0 Å². The summed E-state index contributed by atoms with van der Waals surface area (Å²) in [5, 5.41) is 22.3. The van der Waals surface area contributed by atoms with Gasteiger partial charge in [-0.2, -0.15) is 10.2 Å². The lowest BCUT2D eigenvalue weighted by atomic mass is 9.97. The van der Waals surface area contributed by atoms with Gasteiger partial charge in [-0.25, -0.2) is 4.68 Å². The van der Waals surface area contributed by atoms with Crippen molar-refractivity contribution in [3.8, 4) is 5.82 Å². The van der Waals surface area contributed by atoms with Crippen molar-refractivity contribution in [1.82, 2.24) is 30.2 Å². The average molecular weight is 390 g/mol. The lowest BCUT2D eigenvalue weighted by molar-refractivity contribution is 0.620. The number of rotatable bonds is 3. The van der Waals surface area contributed by atoms with Crippen LogP contribution in [0.1, 0.15) is 35.5 Å². The third-order valence-corrected chi connectivity index (χ3v) is 5.85. The summed E-state index contributed by atoms with van der Waals surface area (Å²) in [5.74, 6) is 2.67. The third kappa shape index (κ3) is 3.54. The minimum absolute atomic E-state index is 0.752. The zero-order valence-corrected chi connectivity index (χ0v) is 17.0. The normalized spacial score (nSPS) is 16.8. The van der Waals surface area contributed by atoms with E-state index in [2.05, 4.69) is 41.4 Å². The number of piperazine rings is 1. The van der Waals surface area contributed by atoms with Crippen molar-refractivity contribution in [2.24, 2.45) is 0 Å². The summed E-state index contributed by atoms with van der Waals surface area (Å²) in [6.07, 6.45) is 4.70. The van der Waals surface area contributed by atoms with Gasteiger partial charge < -0.3 is 9.80 Å². The molecule has 3 aromatic heterocycles. The highest BCUT2D eigenvalue weighted by Gasteiger charge is 2.21. The van der Waals surface area contributed by atoms with Crippen LogP contribution in [0.15, 0.2) is 24.3 Å². The minimum atomic E-state index is 0.752. The van der Waals surface area contributed by atoms with Crippen LogP contribution >= 0.6 is 0 Å². The maximum Gasteiger partial charge on any atom is 0.176 e. The molecule has 8 nitrogen and oxygen atoms in total. The number of nitrogens with zero attached hydrogens (tertiary/aromatic N) is 8. The molecular weight excluding hydrogens is 364 g/mol. The van der Waals surface area contributed by atoms with E-state index in [9.17, 15) is 0 Å². The van der Waals surface area contributed by atoms with Gasteiger partial charge >= 0.3 is 0 Å². The molecule has 0 radical (unpaired) electrons. The molecule has 2 aliphatic rings. The fraction of sp³-hybridized carbons (Fsp3) is 0.476. The van der Waals surface area contributed by atoms with Crippen molar-refractivity contribution < 1.29 is 0 Å². The maximum atomic E-state index is 4.49. The Morgan fingerprint density at radius 1 is 0.724 bits per heavy atom. The molecular formula is C21H26N8. The predicted octanol–water partition coefficient (Wildman–Crippen LogP) is 2.27. The number of aryl methyl sites for hydroxylation is 4. The summed E-state index contributed by atoms with van der Waals surface area (Å²) in [7, 11) is 0. The monoisotopic (exact) mass is 390 g/mol. The van der Waals surface area contributed by atoms with E-state index in [1.165, 1.54) is 24.1 Å². The lowest BCUT2D eigenvalue weighted by Crippen LogP contribution is -2.47. The molecule has 0 bridgehead atoms. The number of aromatic nitrogens is 6. The molecule has 1 fully saturated rings. The van der Waals surface area contributed by atoms with E-state index in [1.807, 2.05) is 36.7 Å². The topological polar surface area (TPSA) is 75.9 Å². The summed E-state index contributed by atoms with van der Waals surface area (Å²) in [4.78, 5) is 4.61. The zero-order chi connectivity index (χ0) is 19.8.